The average Bonchev–Trinajstić information content (AvgIpc) is 2.66. The Hall–Kier alpha value is -1.57. The Morgan fingerprint density at radius 1 is 1.50 bits per heavy atom. The number of nitrogens with two attached hydrogens (primary N) is 1. The Labute approximate surface area is 95.7 Å². The third-order valence-corrected chi connectivity index (χ3v) is 2.25. The summed E-state index contributed by atoms with van der Waals surface area (Å²) in [4.78, 5) is 21.6. The molecule has 1 heterocycles. The molecule has 1 amide bonds. The number of hydrogen-bond acceptors (Lipinski definition) is 7. The van der Waals surface area contributed by atoms with Crippen LogP contribution >= 0.6 is 11.8 Å². The van der Waals surface area contributed by atoms with Gasteiger partial charge >= 0.3 is 11.9 Å². The fourth-order valence-corrected chi connectivity index (χ4v) is 1.50. The number of thioether (sulfide) groups is 1. The minimum absolute atomic E-state index is 0.191. The molecule has 0 aliphatic heterocycles. The van der Waals surface area contributed by atoms with Gasteiger partial charge in [-0.25, -0.2) is 4.79 Å². The molecule has 0 atom stereocenters. The zero-order valence-corrected chi connectivity index (χ0v) is 9.45. The molecular weight excluding hydrogens is 234 g/mol. The number of carbonyl (C=O) groups is 2. The molecule has 88 valence electrons. The molecule has 7 nitrogen and oxygen atoms in total. The predicted octanol–water partition coefficient (Wildman–Crippen LogP) is 0.214. The second-order valence-corrected chi connectivity index (χ2v) is 3.70. The number of rotatable bonds is 6. The summed E-state index contributed by atoms with van der Waals surface area (Å²) < 4.78 is 9.66. The maximum Gasteiger partial charge on any atom is 0.396 e. The summed E-state index contributed by atoms with van der Waals surface area (Å²) in [7, 11) is 0. The second-order valence-electron chi connectivity index (χ2n) is 2.66. The molecule has 0 saturated heterocycles. The Kier molecular flexibility index (Phi) is 4.77. The van der Waals surface area contributed by atoms with Crippen LogP contribution in [0.15, 0.2) is 9.64 Å². The maximum absolute atomic E-state index is 11.1. The van der Waals surface area contributed by atoms with Crippen LogP contribution in [0.2, 0.25) is 0 Å². The van der Waals surface area contributed by atoms with Gasteiger partial charge in [0.15, 0.2) is 0 Å². The molecule has 1 aromatic heterocycles. The number of esters is 1. The van der Waals surface area contributed by atoms with Crippen LogP contribution in [-0.2, 0) is 9.53 Å². The summed E-state index contributed by atoms with van der Waals surface area (Å²) in [6, 6.07) is 0. The molecule has 8 heteroatoms. The van der Waals surface area contributed by atoms with E-state index in [1.807, 2.05) is 0 Å². The minimum atomic E-state index is -0.656. The molecule has 0 aromatic carbocycles. The molecule has 0 spiro atoms. The van der Waals surface area contributed by atoms with Gasteiger partial charge in [-0.1, -0.05) is 16.9 Å². The molecule has 16 heavy (non-hydrogen) atoms. The van der Waals surface area contributed by atoms with Crippen LogP contribution in [0.5, 0.6) is 0 Å². The molecule has 2 N–H and O–H groups in total. The predicted molar refractivity (Wildman–Crippen MR) is 54.8 cm³/mol. The third-order valence-electron chi connectivity index (χ3n) is 1.43. The van der Waals surface area contributed by atoms with Gasteiger partial charge in [0.2, 0.25) is 5.91 Å². The van der Waals surface area contributed by atoms with Crippen molar-refractivity contribution in [3.05, 3.63) is 5.89 Å². The Bertz CT molecular complexity index is 379. The van der Waals surface area contributed by atoms with E-state index in [1.165, 1.54) is 0 Å². The van der Waals surface area contributed by atoms with E-state index in [2.05, 4.69) is 14.9 Å². The van der Waals surface area contributed by atoms with E-state index in [1.54, 1.807) is 6.92 Å². The first-order chi connectivity index (χ1) is 7.63. The van der Waals surface area contributed by atoms with Crippen molar-refractivity contribution in [1.29, 1.82) is 0 Å². The van der Waals surface area contributed by atoms with Gasteiger partial charge in [-0.15, -0.1) is 5.10 Å². The molecule has 0 unspecified atom stereocenters. The number of carbonyl (C=O) groups excluding carboxylic acids is 2. The number of aromatic nitrogens is 2. The van der Waals surface area contributed by atoms with E-state index in [0.717, 1.165) is 11.8 Å². The lowest BCUT2D eigenvalue weighted by Gasteiger charge is -1.94. The lowest BCUT2D eigenvalue weighted by atomic mass is 10.5. The molecule has 0 saturated carbocycles. The molecule has 0 aliphatic carbocycles. The lowest BCUT2D eigenvalue weighted by Crippen LogP contribution is -2.10. The van der Waals surface area contributed by atoms with Gasteiger partial charge in [-0.3, -0.25) is 4.79 Å². The number of amides is 1. The Morgan fingerprint density at radius 3 is 2.88 bits per heavy atom. The summed E-state index contributed by atoms with van der Waals surface area (Å²) in [6.07, 6.45) is 0.210. The highest BCUT2D eigenvalue weighted by atomic mass is 32.2. The fraction of sp³-hybridized carbons (Fsp3) is 0.500. The van der Waals surface area contributed by atoms with Crippen molar-refractivity contribution in [2.75, 3.05) is 12.4 Å². The molecule has 0 radical (unpaired) electrons. The minimum Gasteiger partial charge on any atom is -0.459 e. The van der Waals surface area contributed by atoms with Crippen molar-refractivity contribution in [2.24, 2.45) is 5.73 Å². The van der Waals surface area contributed by atoms with Crippen LogP contribution < -0.4 is 5.73 Å². The topological polar surface area (TPSA) is 108 Å². The Morgan fingerprint density at radius 2 is 2.25 bits per heavy atom. The van der Waals surface area contributed by atoms with E-state index < -0.39 is 11.9 Å². The highest BCUT2D eigenvalue weighted by molar-refractivity contribution is 7.99. The third kappa shape index (κ3) is 3.89. The monoisotopic (exact) mass is 245 g/mol. The van der Waals surface area contributed by atoms with Gasteiger partial charge in [0.05, 0.1) is 6.61 Å². The highest BCUT2D eigenvalue weighted by Crippen LogP contribution is 2.16. The Balaban J connectivity index is 2.45. The van der Waals surface area contributed by atoms with Crippen molar-refractivity contribution in [1.82, 2.24) is 10.2 Å². The largest absolute Gasteiger partial charge is 0.459 e. The number of ether oxygens (including phenoxy) is 1. The smallest absolute Gasteiger partial charge is 0.396 e. The van der Waals surface area contributed by atoms with Gasteiger partial charge in [-0.05, 0) is 6.92 Å². The van der Waals surface area contributed by atoms with E-state index in [0.29, 0.717) is 5.75 Å². The lowest BCUT2D eigenvalue weighted by molar-refractivity contribution is -0.117. The first-order valence-corrected chi connectivity index (χ1v) is 5.53. The molecule has 1 aromatic rings. The first-order valence-electron chi connectivity index (χ1n) is 4.55. The number of hydrogen-bond donors (Lipinski definition) is 1. The van der Waals surface area contributed by atoms with Crippen molar-refractivity contribution < 1.29 is 18.7 Å². The number of primary amides is 1. The van der Waals surface area contributed by atoms with E-state index >= 15 is 0 Å². The molecule has 0 aliphatic rings. The van der Waals surface area contributed by atoms with Crippen LogP contribution in [0.4, 0.5) is 0 Å². The van der Waals surface area contributed by atoms with Crippen LogP contribution in [0.1, 0.15) is 24.0 Å². The van der Waals surface area contributed by atoms with Crippen molar-refractivity contribution in [3.8, 4) is 0 Å². The van der Waals surface area contributed by atoms with E-state index in [4.69, 9.17) is 10.2 Å². The summed E-state index contributed by atoms with van der Waals surface area (Å²) in [6.45, 7) is 1.92. The number of nitrogens with zero attached hydrogens (tertiary/aromatic N) is 2. The quantitative estimate of drug-likeness (QED) is 0.563. The summed E-state index contributed by atoms with van der Waals surface area (Å²) >= 11 is 1.16. The van der Waals surface area contributed by atoms with Crippen molar-refractivity contribution in [3.63, 3.8) is 0 Å². The van der Waals surface area contributed by atoms with Crippen molar-refractivity contribution in [2.45, 2.75) is 18.6 Å². The molecule has 1 rings (SSSR count). The standard InChI is InChI=1S/C8H11N3O4S/c1-2-14-7(13)6-10-11-8(15-6)16-4-3-5(9)12/h2-4H2,1H3,(H2,9,12). The summed E-state index contributed by atoms with van der Waals surface area (Å²) in [5.74, 6) is -0.822. The highest BCUT2D eigenvalue weighted by Gasteiger charge is 2.15. The van der Waals surface area contributed by atoms with Gasteiger partial charge in [0.25, 0.3) is 5.22 Å². The van der Waals surface area contributed by atoms with Gasteiger partial charge in [0.1, 0.15) is 0 Å². The van der Waals surface area contributed by atoms with Crippen molar-refractivity contribution >= 4 is 23.6 Å². The SMILES string of the molecule is CCOC(=O)c1nnc(SCCC(N)=O)o1. The fourth-order valence-electron chi connectivity index (χ4n) is 0.782. The maximum atomic E-state index is 11.1. The van der Waals surface area contributed by atoms with Gasteiger partial charge in [0, 0.05) is 12.2 Å². The molecular formula is C8H11N3O4S. The van der Waals surface area contributed by atoms with Gasteiger partial charge < -0.3 is 14.9 Å². The molecule has 0 fully saturated rings. The normalized spacial score (nSPS) is 10.1. The van der Waals surface area contributed by atoms with Gasteiger partial charge in [-0.2, -0.15) is 0 Å². The first kappa shape index (κ1) is 12.5. The average molecular weight is 245 g/mol. The second kappa shape index (κ2) is 6.11. The zero-order valence-electron chi connectivity index (χ0n) is 8.63. The van der Waals surface area contributed by atoms with Crippen LogP contribution in [0, 0.1) is 0 Å². The van der Waals surface area contributed by atoms with E-state index in [9.17, 15) is 9.59 Å². The zero-order chi connectivity index (χ0) is 12.0. The van der Waals surface area contributed by atoms with Crippen LogP contribution in [-0.4, -0.2) is 34.4 Å². The molecule has 0 bridgehead atoms. The summed E-state index contributed by atoms with van der Waals surface area (Å²) in [5.41, 5.74) is 4.96. The van der Waals surface area contributed by atoms with Crippen LogP contribution in [0.25, 0.3) is 0 Å². The van der Waals surface area contributed by atoms with E-state index in [-0.39, 0.29) is 24.1 Å². The summed E-state index contributed by atoms with van der Waals surface area (Å²) in [5, 5.41) is 7.33. The van der Waals surface area contributed by atoms with Crippen LogP contribution in [0.3, 0.4) is 0 Å².